The molecule has 0 saturated carbocycles. The summed E-state index contributed by atoms with van der Waals surface area (Å²) in [6, 6.07) is 5.33. The molecule has 72 valence electrons. The molecular formula is C10H6F2O2. The zero-order chi connectivity index (χ0) is 10.1. The highest BCUT2D eigenvalue weighted by molar-refractivity contribution is 5.79. The Hall–Kier alpha value is -1.71. The van der Waals surface area contributed by atoms with Crippen LogP contribution in [0.4, 0.5) is 8.78 Å². The first-order chi connectivity index (χ1) is 6.70. The third kappa shape index (κ3) is 1.28. The Morgan fingerprint density at radius 2 is 2.00 bits per heavy atom. The van der Waals surface area contributed by atoms with Crippen LogP contribution in [-0.4, -0.2) is 0 Å². The fourth-order valence-corrected chi connectivity index (χ4v) is 1.31. The number of benzene rings is 1. The smallest absolute Gasteiger partial charge is 0.267 e. The van der Waals surface area contributed by atoms with Crippen LogP contribution in [-0.2, 0) is 0 Å². The van der Waals surface area contributed by atoms with Crippen LogP contribution >= 0.6 is 0 Å². The van der Waals surface area contributed by atoms with E-state index in [0.29, 0.717) is 0 Å². The molecule has 0 saturated heterocycles. The molecule has 0 fully saturated rings. The second-order valence-electron chi connectivity index (χ2n) is 2.81. The summed E-state index contributed by atoms with van der Waals surface area (Å²) in [4.78, 5) is 11.2. The molecule has 0 aliphatic heterocycles. The van der Waals surface area contributed by atoms with Gasteiger partial charge in [0, 0.05) is 6.07 Å². The summed E-state index contributed by atoms with van der Waals surface area (Å²) in [6.07, 6.45) is -1.51. The van der Waals surface area contributed by atoms with Crippen LogP contribution in [0.5, 0.6) is 0 Å². The summed E-state index contributed by atoms with van der Waals surface area (Å²) in [5, 5.41) is 0.185. The molecule has 1 aromatic carbocycles. The van der Waals surface area contributed by atoms with E-state index in [2.05, 4.69) is 0 Å². The van der Waals surface area contributed by atoms with Crippen molar-refractivity contribution in [2.75, 3.05) is 0 Å². The average Bonchev–Trinajstić information content (AvgIpc) is 2.17. The maximum atomic E-state index is 12.5. The van der Waals surface area contributed by atoms with Crippen LogP contribution < -0.4 is 5.43 Å². The van der Waals surface area contributed by atoms with Gasteiger partial charge < -0.3 is 4.42 Å². The van der Waals surface area contributed by atoms with Crippen LogP contribution in [0.1, 0.15) is 12.0 Å². The van der Waals surface area contributed by atoms with E-state index in [9.17, 15) is 13.6 Å². The predicted molar refractivity (Wildman–Crippen MR) is 47.4 cm³/mol. The second kappa shape index (κ2) is 3.21. The summed E-state index contributed by atoms with van der Waals surface area (Å²) >= 11 is 0. The van der Waals surface area contributed by atoms with Crippen molar-refractivity contribution in [3.05, 3.63) is 46.3 Å². The monoisotopic (exact) mass is 196 g/mol. The quantitative estimate of drug-likeness (QED) is 0.701. The highest BCUT2D eigenvalue weighted by atomic mass is 19.3. The normalized spacial score (nSPS) is 11.1. The van der Waals surface area contributed by atoms with Crippen molar-refractivity contribution in [1.82, 2.24) is 0 Å². The van der Waals surface area contributed by atoms with Crippen molar-refractivity contribution in [1.29, 1.82) is 0 Å². The van der Waals surface area contributed by atoms with Crippen LogP contribution in [0.15, 0.2) is 39.7 Å². The molecule has 2 nitrogen and oxygen atoms in total. The number of para-hydroxylation sites is 1. The molecule has 0 atom stereocenters. The Bertz CT molecular complexity index is 517. The van der Waals surface area contributed by atoms with E-state index < -0.39 is 6.43 Å². The van der Waals surface area contributed by atoms with Gasteiger partial charge in [0.1, 0.15) is 5.58 Å². The summed E-state index contributed by atoms with van der Waals surface area (Å²) in [5.41, 5.74) is -0.594. The Labute approximate surface area is 77.8 Å². The first-order valence-corrected chi connectivity index (χ1v) is 3.99. The molecule has 0 spiro atoms. The standard InChI is InChI=1S/C10H6F2O2/c11-10(12)7-3-1-2-6-8(13)4-5-14-9(6)7/h1-5,10H. The van der Waals surface area contributed by atoms with Gasteiger partial charge in [0.25, 0.3) is 6.43 Å². The van der Waals surface area contributed by atoms with Crippen molar-refractivity contribution in [2.24, 2.45) is 0 Å². The lowest BCUT2D eigenvalue weighted by atomic mass is 10.1. The number of rotatable bonds is 1. The van der Waals surface area contributed by atoms with Crippen LogP contribution in [0.3, 0.4) is 0 Å². The van der Waals surface area contributed by atoms with Gasteiger partial charge in [-0.25, -0.2) is 8.78 Å². The lowest BCUT2D eigenvalue weighted by Crippen LogP contribution is -1.99. The first kappa shape index (κ1) is 8.87. The minimum atomic E-state index is -2.63. The van der Waals surface area contributed by atoms with Gasteiger partial charge >= 0.3 is 0 Å². The van der Waals surface area contributed by atoms with Gasteiger partial charge in [0.2, 0.25) is 0 Å². The number of alkyl halides is 2. The fraction of sp³-hybridized carbons (Fsp3) is 0.100. The van der Waals surface area contributed by atoms with Gasteiger partial charge in [-0.15, -0.1) is 0 Å². The maximum absolute atomic E-state index is 12.5. The molecule has 0 unspecified atom stereocenters. The van der Waals surface area contributed by atoms with Crippen molar-refractivity contribution >= 4 is 11.0 Å². The van der Waals surface area contributed by atoms with Gasteiger partial charge in [0.15, 0.2) is 5.43 Å². The Balaban J connectivity index is 2.88. The topological polar surface area (TPSA) is 30.2 Å². The molecule has 4 heteroatoms. The molecule has 14 heavy (non-hydrogen) atoms. The second-order valence-corrected chi connectivity index (χ2v) is 2.81. The van der Waals surface area contributed by atoms with Crippen molar-refractivity contribution < 1.29 is 13.2 Å². The Morgan fingerprint density at radius 1 is 1.21 bits per heavy atom. The van der Waals surface area contributed by atoms with E-state index in [-0.39, 0.29) is 22.0 Å². The van der Waals surface area contributed by atoms with Gasteiger partial charge in [-0.1, -0.05) is 6.07 Å². The molecule has 0 bridgehead atoms. The minimum absolute atomic E-state index is 0.0324. The highest BCUT2D eigenvalue weighted by Crippen LogP contribution is 2.25. The van der Waals surface area contributed by atoms with E-state index >= 15 is 0 Å². The lowest BCUT2D eigenvalue weighted by Gasteiger charge is -2.02. The molecule has 0 N–H and O–H groups in total. The molecule has 0 aliphatic carbocycles. The van der Waals surface area contributed by atoms with E-state index in [1.165, 1.54) is 24.3 Å². The highest BCUT2D eigenvalue weighted by Gasteiger charge is 2.13. The van der Waals surface area contributed by atoms with E-state index in [1.807, 2.05) is 0 Å². The van der Waals surface area contributed by atoms with E-state index in [1.54, 1.807) is 0 Å². The molecule has 2 rings (SSSR count). The van der Waals surface area contributed by atoms with Crippen molar-refractivity contribution in [3.8, 4) is 0 Å². The molecule has 2 aromatic rings. The molecule has 0 amide bonds. The number of halogens is 2. The van der Waals surface area contributed by atoms with Gasteiger partial charge in [-0.05, 0) is 12.1 Å². The third-order valence-electron chi connectivity index (χ3n) is 1.95. The Kier molecular flexibility index (Phi) is 2.04. The van der Waals surface area contributed by atoms with Gasteiger partial charge in [-0.3, -0.25) is 4.79 Å². The Morgan fingerprint density at radius 3 is 2.71 bits per heavy atom. The lowest BCUT2D eigenvalue weighted by molar-refractivity contribution is 0.151. The minimum Gasteiger partial charge on any atom is -0.464 e. The number of hydrogen-bond acceptors (Lipinski definition) is 2. The molecule has 1 heterocycles. The van der Waals surface area contributed by atoms with Crippen LogP contribution in [0, 0.1) is 0 Å². The largest absolute Gasteiger partial charge is 0.464 e. The van der Waals surface area contributed by atoms with Crippen molar-refractivity contribution in [2.45, 2.75) is 6.43 Å². The van der Waals surface area contributed by atoms with Gasteiger partial charge in [0.05, 0.1) is 17.2 Å². The van der Waals surface area contributed by atoms with Crippen LogP contribution in [0.25, 0.3) is 11.0 Å². The molecule has 1 aromatic heterocycles. The summed E-state index contributed by atoms with van der Waals surface area (Å²) in [7, 11) is 0. The summed E-state index contributed by atoms with van der Waals surface area (Å²) in [6.45, 7) is 0. The molecule has 0 radical (unpaired) electrons. The average molecular weight is 196 g/mol. The zero-order valence-electron chi connectivity index (χ0n) is 7.04. The fourth-order valence-electron chi connectivity index (χ4n) is 1.31. The maximum Gasteiger partial charge on any atom is 0.267 e. The third-order valence-corrected chi connectivity index (χ3v) is 1.95. The first-order valence-electron chi connectivity index (χ1n) is 3.99. The van der Waals surface area contributed by atoms with Gasteiger partial charge in [-0.2, -0.15) is 0 Å². The zero-order valence-corrected chi connectivity index (χ0v) is 7.04. The number of hydrogen-bond donors (Lipinski definition) is 0. The van der Waals surface area contributed by atoms with E-state index in [0.717, 1.165) is 6.26 Å². The van der Waals surface area contributed by atoms with Crippen LogP contribution in [0.2, 0.25) is 0 Å². The number of fused-ring (bicyclic) bond motifs is 1. The van der Waals surface area contributed by atoms with E-state index in [4.69, 9.17) is 4.42 Å². The summed E-state index contributed by atoms with van der Waals surface area (Å²) < 4.78 is 29.8. The van der Waals surface area contributed by atoms with Crippen molar-refractivity contribution in [3.63, 3.8) is 0 Å². The SMILES string of the molecule is O=c1ccoc2c(C(F)F)cccc12. The summed E-state index contributed by atoms with van der Waals surface area (Å²) in [5.74, 6) is 0. The molecular weight excluding hydrogens is 190 g/mol. The predicted octanol–water partition coefficient (Wildman–Crippen LogP) is 2.73. The molecule has 0 aliphatic rings.